The molecule has 2 heterocycles. The van der Waals surface area contributed by atoms with Crippen molar-refractivity contribution in [2.45, 2.75) is 46.2 Å². The molecule has 0 saturated carbocycles. The summed E-state index contributed by atoms with van der Waals surface area (Å²) in [6.07, 6.45) is 4.67. The molecule has 1 aromatic rings. The first-order valence-corrected chi connectivity index (χ1v) is 8.71. The molecule has 0 aliphatic carbocycles. The predicted octanol–water partition coefficient (Wildman–Crippen LogP) is 3.17. The monoisotopic (exact) mass is 340 g/mol. The molecular formula is C18H33ClN4. The molecule has 0 radical (unpaired) electrons. The minimum absolute atomic E-state index is 0. The van der Waals surface area contributed by atoms with Crippen molar-refractivity contribution in [2.24, 2.45) is 5.92 Å². The van der Waals surface area contributed by atoms with E-state index in [1.165, 1.54) is 38.0 Å². The fourth-order valence-corrected chi connectivity index (χ4v) is 2.94. The van der Waals surface area contributed by atoms with E-state index in [9.17, 15) is 0 Å². The second-order valence-electron chi connectivity index (χ2n) is 6.76. The highest BCUT2D eigenvalue weighted by molar-refractivity contribution is 5.85. The molecule has 1 aliphatic heterocycles. The molecule has 1 aromatic heterocycles. The lowest BCUT2D eigenvalue weighted by Gasteiger charge is -2.32. The molecule has 1 fully saturated rings. The standard InChI is InChI=1S/C18H32N4.ClH/c1-5-19-12-16-8-10-22(11-9-16)14-17-6-7-18(20-13-17)21(4)15(2)3;/h6-7,13,15-16,19H,5,8-12,14H2,1-4H3;1H. The maximum Gasteiger partial charge on any atom is 0.128 e. The first kappa shape index (κ1) is 20.2. The minimum atomic E-state index is 0. The van der Waals surface area contributed by atoms with Crippen molar-refractivity contribution in [1.82, 2.24) is 15.2 Å². The lowest BCUT2D eigenvalue weighted by Crippen LogP contribution is -2.36. The highest BCUT2D eigenvalue weighted by Crippen LogP contribution is 2.19. The number of hydrogen-bond acceptors (Lipinski definition) is 4. The zero-order chi connectivity index (χ0) is 15.9. The van der Waals surface area contributed by atoms with Crippen LogP contribution < -0.4 is 10.2 Å². The van der Waals surface area contributed by atoms with Crippen molar-refractivity contribution in [3.8, 4) is 0 Å². The fraction of sp³-hybridized carbons (Fsp3) is 0.722. The van der Waals surface area contributed by atoms with Gasteiger partial charge in [0.2, 0.25) is 0 Å². The molecule has 4 nitrogen and oxygen atoms in total. The Morgan fingerprint density at radius 3 is 2.52 bits per heavy atom. The smallest absolute Gasteiger partial charge is 0.128 e. The van der Waals surface area contributed by atoms with Crippen LogP contribution in [0, 0.1) is 5.92 Å². The fourth-order valence-electron chi connectivity index (χ4n) is 2.94. The summed E-state index contributed by atoms with van der Waals surface area (Å²) in [5, 5.41) is 3.48. The zero-order valence-corrected chi connectivity index (χ0v) is 15.9. The molecule has 0 unspecified atom stereocenters. The van der Waals surface area contributed by atoms with E-state index in [2.05, 4.69) is 60.1 Å². The van der Waals surface area contributed by atoms with Gasteiger partial charge in [0.25, 0.3) is 0 Å². The van der Waals surface area contributed by atoms with E-state index < -0.39 is 0 Å². The van der Waals surface area contributed by atoms with Gasteiger partial charge in [0.1, 0.15) is 5.82 Å². The number of aromatic nitrogens is 1. The Morgan fingerprint density at radius 1 is 1.30 bits per heavy atom. The third-order valence-electron chi connectivity index (χ3n) is 4.74. The number of pyridine rings is 1. The first-order chi connectivity index (χ1) is 10.6. The van der Waals surface area contributed by atoms with Crippen molar-refractivity contribution < 1.29 is 0 Å². The zero-order valence-electron chi connectivity index (χ0n) is 15.1. The largest absolute Gasteiger partial charge is 0.357 e. The lowest BCUT2D eigenvalue weighted by molar-refractivity contribution is 0.175. The van der Waals surface area contributed by atoms with Gasteiger partial charge in [-0.25, -0.2) is 4.98 Å². The van der Waals surface area contributed by atoms with Crippen molar-refractivity contribution in [2.75, 3.05) is 38.1 Å². The Morgan fingerprint density at radius 2 is 2.00 bits per heavy atom. The van der Waals surface area contributed by atoms with Crippen molar-refractivity contribution in [3.05, 3.63) is 23.9 Å². The summed E-state index contributed by atoms with van der Waals surface area (Å²) in [4.78, 5) is 9.38. The number of halogens is 1. The highest BCUT2D eigenvalue weighted by Gasteiger charge is 2.18. The number of rotatable bonds is 7. The van der Waals surface area contributed by atoms with Crippen LogP contribution in [0.3, 0.4) is 0 Å². The minimum Gasteiger partial charge on any atom is -0.357 e. The van der Waals surface area contributed by atoms with E-state index in [1.807, 2.05) is 6.20 Å². The Hall–Kier alpha value is -0.840. The molecule has 0 amide bonds. The van der Waals surface area contributed by atoms with Gasteiger partial charge >= 0.3 is 0 Å². The lowest BCUT2D eigenvalue weighted by atomic mass is 9.96. The van der Waals surface area contributed by atoms with Crippen LogP contribution in [0.2, 0.25) is 0 Å². The molecule has 0 aromatic carbocycles. The topological polar surface area (TPSA) is 31.4 Å². The van der Waals surface area contributed by atoms with Crippen LogP contribution in [0.1, 0.15) is 39.2 Å². The average molecular weight is 341 g/mol. The summed E-state index contributed by atoms with van der Waals surface area (Å²) in [5.74, 6) is 1.92. The molecule has 1 aliphatic rings. The quantitative estimate of drug-likeness (QED) is 0.826. The van der Waals surface area contributed by atoms with Crippen molar-refractivity contribution in [1.29, 1.82) is 0 Å². The first-order valence-electron chi connectivity index (χ1n) is 8.71. The van der Waals surface area contributed by atoms with Crippen LogP contribution in [0.5, 0.6) is 0 Å². The number of piperidine rings is 1. The van der Waals surface area contributed by atoms with E-state index in [0.717, 1.165) is 24.8 Å². The third kappa shape index (κ3) is 6.28. The van der Waals surface area contributed by atoms with Gasteiger partial charge in [0.05, 0.1) is 0 Å². The Kier molecular flexibility index (Phi) is 8.88. The van der Waals surface area contributed by atoms with Gasteiger partial charge in [0.15, 0.2) is 0 Å². The molecule has 132 valence electrons. The number of nitrogens with one attached hydrogen (secondary N) is 1. The number of anilines is 1. The van der Waals surface area contributed by atoms with E-state index in [4.69, 9.17) is 0 Å². The third-order valence-corrected chi connectivity index (χ3v) is 4.74. The second-order valence-corrected chi connectivity index (χ2v) is 6.76. The molecule has 1 saturated heterocycles. The van der Waals surface area contributed by atoms with Gasteiger partial charge in [-0.15, -0.1) is 12.4 Å². The molecule has 0 spiro atoms. The van der Waals surface area contributed by atoms with Gasteiger partial charge in [0, 0.05) is 25.8 Å². The van der Waals surface area contributed by atoms with E-state index in [1.54, 1.807) is 0 Å². The normalized spacial score (nSPS) is 16.4. The summed E-state index contributed by atoms with van der Waals surface area (Å²) in [6.45, 7) is 12.3. The predicted molar refractivity (Wildman–Crippen MR) is 102 cm³/mol. The van der Waals surface area contributed by atoms with Crippen LogP contribution in [0.25, 0.3) is 0 Å². The summed E-state index contributed by atoms with van der Waals surface area (Å²) >= 11 is 0. The summed E-state index contributed by atoms with van der Waals surface area (Å²) in [7, 11) is 2.10. The van der Waals surface area contributed by atoms with Gasteiger partial charge in [-0.3, -0.25) is 4.90 Å². The maximum atomic E-state index is 4.61. The highest BCUT2D eigenvalue weighted by atomic mass is 35.5. The van der Waals surface area contributed by atoms with Gasteiger partial charge < -0.3 is 10.2 Å². The average Bonchev–Trinajstić information content (AvgIpc) is 2.54. The van der Waals surface area contributed by atoms with Crippen LogP contribution in [-0.2, 0) is 6.54 Å². The van der Waals surface area contributed by atoms with Crippen LogP contribution >= 0.6 is 12.4 Å². The number of hydrogen-bond donors (Lipinski definition) is 1. The Balaban J connectivity index is 0.00000264. The van der Waals surface area contributed by atoms with Gasteiger partial charge in [-0.1, -0.05) is 13.0 Å². The van der Waals surface area contributed by atoms with Crippen molar-refractivity contribution in [3.63, 3.8) is 0 Å². The second kappa shape index (κ2) is 10.1. The van der Waals surface area contributed by atoms with E-state index in [-0.39, 0.29) is 12.4 Å². The molecule has 1 N–H and O–H groups in total. The van der Waals surface area contributed by atoms with Crippen LogP contribution in [0.4, 0.5) is 5.82 Å². The molecule has 0 bridgehead atoms. The Bertz CT molecular complexity index is 427. The maximum absolute atomic E-state index is 4.61. The number of nitrogens with zero attached hydrogens (tertiary/aromatic N) is 3. The van der Waals surface area contributed by atoms with E-state index >= 15 is 0 Å². The summed E-state index contributed by atoms with van der Waals surface area (Å²) < 4.78 is 0. The number of likely N-dealkylation sites (tertiary alicyclic amines) is 1. The SMILES string of the molecule is CCNCC1CCN(Cc2ccc(N(C)C(C)C)nc2)CC1.Cl. The molecule has 23 heavy (non-hydrogen) atoms. The van der Waals surface area contributed by atoms with Crippen molar-refractivity contribution >= 4 is 18.2 Å². The molecule has 5 heteroatoms. The summed E-state index contributed by atoms with van der Waals surface area (Å²) in [5.41, 5.74) is 1.33. The van der Waals surface area contributed by atoms with Crippen LogP contribution in [0.15, 0.2) is 18.3 Å². The van der Waals surface area contributed by atoms with Crippen LogP contribution in [-0.4, -0.2) is 49.2 Å². The van der Waals surface area contributed by atoms with Gasteiger partial charge in [-0.2, -0.15) is 0 Å². The molecule has 0 atom stereocenters. The van der Waals surface area contributed by atoms with Gasteiger partial charge in [-0.05, 0) is 70.4 Å². The summed E-state index contributed by atoms with van der Waals surface area (Å²) in [6, 6.07) is 4.85. The van der Waals surface area contributed by atoms with E-state index in [0.29, 0.717) is 6.04 Å². The molecular weight excluding hydrogens is 308 g/mol. The Labute approximate surface area is 148 Å². The molecule has 2 rings (SSSR count).